The molecule has 0 aromatic rings. The summed E-state index contributed by atoms with van der Waals surface area (Å²) in [5.41, 5.74) is -0.575. The van der Waals surface area contributed by atoms with E-state index < -0.39 is 17.7 Å². The minimum absolute atomic E-state index is 0.0140. The maximum absolute atomic E-state index is 11.8. The summed E-state index contributed by atoms with van der Waals surface area (Å²) in [7, 11) is 0. The molecule has 0 saturated carbocycles. The molecule has 1 aliphatic heterocycles. The molecule has 2 amide bonds. The molecule has 1 N–H and O–H groups in total. The minimum atomic E-state index is -0.575. The molecule has 0 radical (unpaired) electrons. The molecule has 6 heteroatoms. The van der Waals surface area contributed by atoms with Crippen molar-refractivity contribution in [2.24, 2.45) is 0 Å². The van der Waals surface area contributed by atoms with E-state index in [-0.39, 0.29) is 18.2 Å². The lowest BCUT2D eigenvalue weighted by Crippen LogP contribution is -2.53. The van der Waals surface area contributed by atoms with Crippen molar-refractivity contribution >= 4 is 17.8 Å². The number of likely N-dealkylation sites (tertiary alicyclic amines) is 1. The van der Waals surface area contributed by atoms with Gasteiger partial charge in [-0.1, -0.05) is 0 Å². The topological polar surface area (TPSA) is 75.7 Å². The van der Waals surface area contributed by atoms with Crippen LogP contribution in [0.15, 0.2) is 0 Å². The second kappa shape index (κ2) is 5.37. The van der Waals surface area contributed by atoms with Crippen molar-refractivity contribution in [2.45, 2.75) is 45.8 Å². The van der Waals surface area contributed by atoms with Crippen molar-refractivity contribution in [3.05, 3.63) is 0 Å². The zero-order valence-electron chi connectivity index (χ0n) is 11.3. The predicted molar refractivity (Wildman–Crippen MR) is 65.0 cm³/mol. The van der Waals surface area contributed by atoms with Crippen LogP contribution in [-0.4, -0.2) is 47.4 Å². The fraction of sp³-hybridized carbons (Fsp3) is 0.750. The summed E-state index contributed by atoms with van der Waals surface area (Å²) in [6.45, 7) is 7.09. The molecule has 0 spiro atoms. The number of nitrogens with zero attached hydrogens (tertiary/aromatic N) is 1. The number of hydrogen-bond acceptors (Lipinski definition) is 4. The molecule has 1 aliphatic rings. The van der Waals surface area contributed by atoms with E-state index in [1.54, 1.807) is 20.8 Å². The van der Waals surface area contributed by atoms with Gasteiger partial charge in [-0.15, -0.1) is 0 Å². The smallest absolute Gasteiger partial charge is 0.410 e. The van der Waals surface area contributed by atoms with Gasteiger partial charge in [-0.25, -0.2) is 4.79 Å². The number of piperidine rings is 1. The zero-order chi connectivity index (χ0) is 13.9. The highest BCUT2D eigenvalue weighted by atomic mass is 16.6. The first kappa shape index (κ1) is 14.5. The van der Waals surface area contributed by atoms with E-state index in [9.17, 15) is 14.4 Å². The Morgan fingerprint density at radius 1 is 1.39 bits per heavy atom. The van der Waals surface area contributed by atoms with Crippen molar-refractivity contribution in [2.75, 3.05) is 13.1 Å². The summed E-state index contributed by atoms with van der Waals surface area (Å²) >= 11 is 0. The lowest BCUT2D eigenvalue weighted by atomic mass is 10.0. The number of ketones is 1. The lowest BCUT2D eigenvalue weighted by Gasteiger charge is -2.32. The SMILES string of the molecule is CC(=O)N[C@H]1CCN(C(=O)OC(C)(C)C)CC1=O. The Morgan fingerprint density at radius 3 is 2.44 bits per heavy atom. The van der Waals surface area contributed by atoms with Crippen molar-refractivity contribution in [1.29, 1.82) is 0 Å². The van der Waals surface area contributed by atoms with Gasteiger partial charge in [0, 0.05) is 13.5 Å². The van der Waals surface area contributed by atoms with Gasteiger partial charge in [0.25, 0.3) is 0 Å². The van der Waals surface area contributed by atoms with Crippen LogP contribution in [-0.2, 0) is 14.3 Å². The molecule has 1 rings (SSSR count). The van der Waals surface area contributed by atoms with Crippen molar-refractivity contribution in [1.82, 2.24) is 10.2 Å². The first-order chi connectivity index (χ1) is 8.19. The summed E-state index contributed by atoms with van der Waals surface area (Å²) in [4.78, 5) is 35.8. The number of carbonyl (C=O) groups is 3. The third kappa shape index (κ3) is 4.35. The van der Waals surface area contributed by atoms with Crippen LogP contribution in [0.3, 0.4) is 0 Å². The molecule has 102 valence electrons. The molecule has 6 nitrogen and oxygen atoms in total. The van der Waals surface area contributed by atoms with Gasteiger partial charge in [-0.05, 0) is 27.2 Å². The van der Waals surface area contributed by atoms with Crippen LogP contribution in [0.5, 0.6) is 0 Å². The van der Waals surface area contributed by atoms with E-state index in [1.165, 1.54) is 11.8 Å². The minimum Gasteiger partial charge on any atom is -0.444 e. The number of rotatable bonds is 1. The molecule has 0 aromatic carbocycles. The van der Waals surface area contributed by atoms with E-state index in [0.717, 1.165) is 0 Å². The van der Waals surface area contributed by atoms with E-state index >= 15 is 0 Å². The number of nitrogens with one attached hydrogen (secondary N) is 1. The van der Waals surface area contributed by atoms with Gasteiger partial charge in [0.15, 0.2) is 5.78 Å². The van der Waals surface area contributed by atoms with Gasteiger partial charge in [-0.3, -0.25) is 9.59 Å². The molecule has 0 aromatic heterocycles. The molecule has 18 heavy (non-hydrogen) atoms. The van der Waals surface area contributed by atoms with Crippen molar-refractivity contribution in [3.8, 4) is 0 Å². The third-order valence-corrected chi connectivity index (χ3v) is 2.45. The van der Waals surface area contributed by atoms with Gasteiger partial charge >= 0.3 is 6.09 Å². The van der Waals surface area contributed by atoms with E-state index in [2.05, 4.69) is 5.32 Å². The van der Waals surface area contributed by atoms with Gasteiger partial charge in [0.05, 0.1) is 12.6 Å². The van der Waals surface area contributed by atoms with Crippen LogP contribution < -0.4 is 5.32 Å². The Kier molecular flexibility index (Phi) is 4.32. The molecular formula is C12H20N2O4. The Bertz CT molecular complexity index is 360. The van der Waals surface area contributed by atoms with Crippen molar-refractivity contribution < 1.29 is 19.1 Å². The van der Waals surface area contributed by atoms with Crippen LogP contribution in [0.2, 0.25) is 0 Å². The Hall–Kier alpha value is -1.59. The highest BCUT2D eigenvalue weighted by molar-refractivity contribution is 5.92. The summed E-state index contributed by atoms with van der Waals surface area (Å²) in [6.07, 6.45) is -0.0605. The normalized spacial score (nSPS) is 20.6. The first-order valence-corrected chi connectivity index (χ1v) is 5.97. The van der Waals surface area contributed by atoms with E-state index in [0.29, 0.717) is 13.0 Å². The van der Waals surface area contributed by atoms with Crippen LogP contribution in [0.1, 0.15) is 34.1 Å². The number of amides is 2. The Labute approximate surface area is 107 Å². The fourth-order valence-corrected chi connectivity index (χ4v) is 1.70. The van der Waals surface area contributed by atoms with Gasteiger partial charge in [0.2, 0.25) is 5.91 Å². The van der Waals surface area contributed by atoms with Crippen LogP contribution in [0.4, 0.5) is 4.79 Å². The van der Waals surface area contributed by atoms with Crippen molar-refractivity contribution in [3.63, 3.8) is 0 Å². The predicted octanol–water partition coefficient (Wildman–Crippen LogP) is 0.701. The summed E-state index contributed by atoms with van der Waals surface area (Å²) < 4.78 is 5.19. The van der Waals surface area contributed by atoms with Gasteiger partial charge < -0.3 is 15.0 Å². The molecule has 1 fully saturated rings. The average molecular weight is 256 g/mol. The quantitative estimate of drug-likeness (QED) is 0.749. The first-order valence-electron chi connectivity index (χ1n) is 5.97. The van der Waals surface area contributed by atoms with E-state index in [4.69, 9.17) is 4.74 Å². The van der Waals surface area contributed by atoms with Crippen LogP contribution in [0, 0.1) is 0 Å². The monoisotopic (exact) mass is 256 g/mol. The highest BCUT2D eigenvalue weighted by Crippen LogP contribution is 2.13. The molecule has 0 bridgehead atoms. The fourth-order valence-electron chi connectivity index (χ4n) is 1.70. The molecule has 1 saturated heterocycles. The molecule has 0 unspecified atom stereocenters. The maximum atomic E-state index is 11.8. The molecule has 0 aliphatic carbocycles. The summed E-state index contributed by atoms with van der Waals surface area (Å²) in [5, 5.41) is 2.57. The third-order valence-electron chi connectivity index (χ3n) is 2.45. The highest BCUT2D eigenvalue weighted by Gasteiger charge is 2.32. The van der Waals surface area contributed by atoms with Crippen LogP contribution >= 0.6 is 0 Å². The molecule has 1 heterocycles. The second-order valence-electron chi connectivity index (χ2n) is 5.41. The number of carbonyl (C=O) groups excluding carboxylic acids is 3. The van der Waals surface area contributed by atoms with Gasteiger partial charge in [-0.2, -0.15) is 0 Å². The Balaban J connectivity index is 2.53. The lowest BCUT2D eigenvalue weighted by molar-refractivity contribution is -0.129. The Morgan fingerprint density at radius 2 is 2.00 bits per heavy atom. The number of Topliss-reactive ketones (excluding diaryl/α,β-unsaturated/α-hetero) is 1. The summed E-state index contributed by atoms with van der Waals surface area (Å²) in [6, 6.07) is -0.485. The summed E-state index contributed by atoms with van der Waals surface area (Å²) in [5.74, 6) is -0.402. The number of ether oxygens (including phenoxy) is 1. The van der Waals surface area contributed by atoms with Gasteiger partial charge in [0.1, 0.15) is 5.60 Å². The largest absolute Gasteiger partial charge is 0.444 e. The average Bonchev–Trinajstić information content (AvgIpc) is 2.17. The number of hydrogen-bond donors (Lipinski definition) is 1. The standard InChI is InChI=1S/C12H20N2O4/c1-8(15)13-9-5-6-14(7-10(9)16)11(17)18-12(2,3)4/h9H,5-7H2,1-4H3,(H,13,15)/t9-/m0/s1. The second-order valence-corrected chi connectivity index (χ2v) is 5.41. The maximum Gasteiger partial charge on any atom is 0.410 e. The van der Waals surface area contributed by atoms with E-state index in [1.807, 2.05) is 0 Å². The molecule has 1 atom stereocenters. The zero-order valence-corrected chi connectivity index (χ0v) is 11.3. The molecular weight excluding hydrogens is 236 g/mol. The van der Waals surface area contributed by atoms with Crippen LogP contribution in [0.25, 0.3) is 0 Å².